The zero-order valence-corrected chi connectivity index (χ0v) is 30.0. The molecule has 1 aliphatic heterocycles. The van der Waals surface area contributed by atoms with Crippen LogP contribution in [0.4, 0.5) is 4.79 Å². The first-order valence-corrected chi connectivity index (χ1v) is 17.0. The zero-order chi connectivity index (χ0) is 35.4. The molecule has 4 rings (SSSR count). The molecule has 49 heavy (non-hydrogen) atoms. The van der Waals surface area contributed by atoms with Crippen molar-refractivity contribution in [3.8, 4) is 23.0 Å². The lowest BCUT2D eigenvalue weighted by molar-refractivity contribution is -0.00553. The third-order valence-corrected chi connectivity index (χ3v) is 8.05. The van der Waals surface area contributed by atoms with Gasteiger partial charge >= 0.3 is 6.09 Å². The summed E-state index contributed by atoms with van der Waals surface area (Å²) in [6.45, 7) is 12.1. The lowest BCUT2D eigenvalue weighted by atomic mass is 9.92. The van der Waals surface area contributed by atoms with E-state index in [1.807, 2.05) is 94.1 Å². The molecule has 266 valence electrons. The fourth-order valence-electron chi connectivity index (χ4n) is 5.86. The Morgan fingerprint density at radius 3 is 2.27 bits per heavy atom. The van der Waals surface area contributed by atoms with Gasteiger partial charge < -0.3 is 38.2 Å². The van der Waals surface area contributed by atoms with Gasteiger partial charge in [-0.05, 0) is 76.9 Å². The Kier molecular flexibility index (Phi) is 13.6. The Balaban J connectivity index is 1.52. The second-order valence-corrected chi connectivity index (χ2v) is 13.6. The van der Waals surface area contributed by atoms with Crippen molar-refractivity contribution in [1.29, 1.82) is 0 Å². The van der Waals surface area contributed by atoms with E-state index in [4.69, 9.17) is 28.4 Å². The van der Waals surface area contributed by atoms with Crippen LogP contribution in [0.15, 0.2) is 72.8 Å². The number of ether oxygens (including phenoxy) is 6. The molecule has 10 heteroatoms. The molecule has 0 saturated carbocycles. The molecule has 0 aliphatic carbocycles. The number of hydrogen-bond donors (Lipinski definition) is 0. The van der Waals surface area contributed by atoms with Crippen molar-refractivity contribution in [3.05, 3.63) is 83.9 Å². The van der Waals surface area contributed by atoms with E-state index in [1.54, 1.807) is 37.3 Å². The van der Waals surface area contributed by atoms with Crippen molar-refractivity contribution < 1.29 is 38.0 Å². The normalized spacial score (nSPS) is 16.2. The van der Waals surface area contributed by atoms with E-state index in [0.29, 0.717) is 80.9 Å². The van der Waals surface area contributed by atoms with Crippen LogP contribution >= 0.6 is 0 Å². The van der Waals surface area contributed by atoms with Gasteiger partial charge in [-0.1, -0.05) is 36.4 Å². The maximum atomic E-state index is 14.2. The van der Waals surface area contributed by atoms with Crippen LogP contribution in [-0.4, -0.2) is 86.6 Å². The maximum absolute atomic E-state index is 14.2. The van der Waals surface area contributed by atoms with Crippen LogP contribution in [0.1, 0.15) is 63.4 Å². The molecule has 0 bridgehead atoms. The van der Waals surface area contributed by atoms with E-state index in [2.05, 4.69) is 0 Å². The highest BCUT2D eigenvalue weighted by atomic mass is 16.6. The first-order valence-electron chi connectivity index (χ1n) is 17.0. The second-order valence-electron chi connectivity index (χ2n) is 13.6. The minimum Gasteiger partial charge on any atom is -0.493 e. The minimum atomic E-state index is -0.660. The van der Waals surface area contributed by atoms with Crippen LogP contribution in [0.2, 0.25) is 0 Å². The van der Waals surface area contributed by atoms with E-state index in [1.165, 1.54) is 0 Å². The molecule has 3 aromatic rings. The Labute approximate surface area is 291 Å². The predicted octanol–water partition coefficient (Wildman–Crippen LogP) is 7.24. The minimum absolute atomic E-state index is 0.0650. The Morgan fingerprint density at radius 2 is 1.59 bits per heavy atom. The van der Waals surface area contributed by atoms with Crippen LogP contribution in [0.3, 0.4) is 0 Å². The lowest BCUT2D eigenvalue weighted by Gasteiger charge is -2.44. The third kappa shape index (κ3) is 11.3. The summed E-state index contributed by atoms with van der Waals surface area (Å²) >= 11 is 0. The van der Waals surface area contributed by atoms with Gasteiger partial charge in [-0.3, -0.25) is 4.79 Å². The van der Waals surface area contributed by atoms with Gasteiger partial charge in [-0.25, -0.2) is 4.79 Å². The fourth-order valence-corrected chi connectivity index (χ4v) is 5.86. The monoisotopic (exact) mass is 676 g/mol. The van der Waals surface area contributed by atoms with Gasteiger partial charge in [0.15, 0.2) is 11.5 Å². The number of piperidine rings is 1. The summed E-state index contributed by atoms with van der Waals surface area (Å²) in [6, 6.07) is 22.4. The van der Waals surface area contributed by atoms with E-state index >= 15 is 0 Å². The molecular formula is C39H52N2O8. The molecule has 2 amide bonds. The molecule has 0 aromatic heterocycles. The van der Waals surface area contributed by atoms with Gasteiger partial charge in [0.25, 0.3) is 5.91 Å². The largest absolute Gasteiger partial charge is 0.493 e. The molecule has 1 heterocycles. The van der Waals surface area contributed by atoms with Crippen molar-refractivity contribution in [3.63, 3.8) is 0 Å². The van der Waals surface area contributed by atoms with E-state index in [9.17, 15) is 9.59 Å². The van der Waals surface area contributed by atoms with Crippen LogP contribution in [0.5, 0.6) is 23.0 Å². The molecular weight excluding hydrogens is 624 g/mol. The topological polar surface area (TPSA) is 96.0 Å². The summed E-state index contributed by atoms with van der Waals surface area (Å²) in [5.74, 6) is 2.20. The highest BCUT2D eigenvalue weighted by Crippen LogP contribution is 2.32. The average molecular weight is 677 g/mol. The first kappa shape index (κ1) is 37.4. The van der Waals surface area contributed by atoms with E-state index in [0.717, 1.165) is 5.56 Å². The molecule has 1 saturated heterocycles. The van der Waals surface area contributed by atoms with Crippen LogP contribution in [-0.2, 0) is 16.1 Å². The molecule has 0 unspecified atom stereocenters. The number of carbonyl (C=O) groups is 2. The first-order chi connectivity index (χ1) is 23.5. The quantitative estimate of drug-likeness (QED) is 0.156. The van der Waals surface area contributed by atoms with E-state index < -0.39 is 11.7 Å². The fraction of sp³-hybridized carbons (Fsp3) is 0.487. The summed E-state index contributed by atoms with van der Waals surface area (Å²) in [6.07, 6.45) is 0.933. The Hall–Kier alpha value is -4.44. The van der Waals surface area contributed by atoms with E-state index in [-0.39, 0.29) is 23.9 Å². The zero-order valence-electron chi connectivity index (χ0n) is 30.0. The predicted molar refractivity (Wildman–Crippen MR) is 189 cm³/mol. The highest BCUT2D eigenvalue weighted by Gasteiger charge is 2.38. The summed E-state index contributed by atoms with van der Waals surface area (Å²) in [7, 11) is 3.22. The smallest absolute Gasteiger partial charge is 0.410 e. The summed E-state index contributed by atoms with van der Waals surface area (Å²) in [5.41, 5.74) is 0.895. The number of likely N-dealkylation sites (tertiary alicyclic amines) is 1. The number of hydrogen-bond acceptors (Lipinski definition) is 8. The van der Waals surface area contributed by atoms with Crippen molar-refractivity contribution in [2.24, 2.45) is 5.92 Å². The maximum Gasteiger partial charge on any atom is 0.410 e. The van der Waals surface area contributed by atoms with Gasteiger partial charge in [-0.2, -0.15) is 0 Å². The summed E-state index contributed by atoms with van der Waals surface area (Å²) < 4.78 is 34.7. The number of benzene rings is 3. The van der Waals surface area contributed by atoms with Crippen molar-refractivity contribution in [2.45, 2.75) is 71.8 Å². The molecule has 10 nitrogen and oxygen atoms in total. The van der Waals surface area contributed by atoms with Gasteiger partial charge in [-0.15, -0.1) is 0 Å². The van der Waals surface area contributed by atoms with Gasteiger partial charge in [0, 0.05) is 56.8 Å². The molecule has 1 fully saturated rings. The molecule has 1 aliphatic rings. The average Bonchev–Trinajstić information content (AvgIpc) is 3.08. The summed E-state index contributed by atoms with van der Waals surface area (Å²) in [4.78, 5) is 31.2. The Bertz CT molecular complexity index is 1490. The van der Waals surface area contributed by atoms with Gasteiger partial charge in [0.1, 0.15) is 23.7 Å². The number of amides is 2. The molecule has 2 atom stereocenters. The Morgan fingerprint density at radius 1 is 0.857 bits per heavy atom. The van der Waals surface area contributed by atoms with Crippen molar-refractivity contribution >= 4 is 12.0 Å². The number of rotatable bonds is 15. The van der Waals surface area contributed by atoms with Gasteiger partial charge in [0.05, 0.1) is 26.4 Å². The summed E-state index contributed by atoms with van der Waals surface area (Å²) in [5, 5.41) is 0. The highest BCUT2D eigenvalue weighted by molar-refractivity contribution is 5.95. The number of carbonyl (C=O) groups excluding carboxylic acids is 2. The van der Waals surface area contributed by atoms with Crippen LogP contribution < -0.4 is 18.9 Å². The van der Waals surface area contributed by atoms with Crippen molar-refractivity contribution in [1.82, 2.24) is 9.80 Å². The second kappa shape index (κ2) is 17.8. The number of nitrogens with zero attached hydrogens (tertiary/aromatic N) is 2. The third-order valence-electron chi connectivity index (χ3n) is 8.05. The standard InChI is InChI=1S/C39H52N2O8/c1-28(2)41(37(42)31-17-18-35(45-7)36(22-31)46-20-12-19-44-6)32-21-30(24-40(25-32)38(43)49-39(3,4)5)27-48-34-16-11-15-33(23-34)47-26-29-13-9-8-10-14-29/h8-11,13-18,22-23,28,30,32H,12,19-21,24-27H2,1-7H3/t30-,32+/m0/s1. The van der Waals surface area contributed by atoms with Crippen molar-refractivity contribution in [2.75, 3.05) is 47.1 Å². The van der Waals surface area contributed by atoms with Crippen LogP contribution in [0, 0.1) is 5.92 Å². The lowest BCUT2D eigenvalue weighted by Crippen LogP contribution is -2.57. The van der Waals surface area contributed by atoms with Gasteiger partial charge in [0.2, 0.25) is 0 Å². The number of methoxy groups -OCH3 is 2. The molecule has 0 radical (unpaired) electrons. The molecule has 0 spiro atoms. The molecule has 0 N–H and O–H groups in total. The van der Waals surface area contributed by atoms with Crippen LogP contribution in [0.25, 0.3) is 0 Å². The molecule has 3 aromatic carbocycles. The SMILES string of the molecule is COCCCOc1cc(C(=O)N(C(C)C)[C@@H]2C[C@H](COc3cccc(OCc4ccccc4)c3)CN(C(=O)OC(C)(C)C)C2)ccc1OC.